The monoisotopic (exact) mass is 376 g/mol. The number of hydrogen-bond donors (Lipinski definition) is 1. The number of nitrogens with one attached hydrogen (secondary N) is 1. The highest BCUT2D eigenvalue weighted by molar-refractivity contribution is 5.97. The molecule has 0 aliphatic carbocycles. The van der Waals surface area contributed by atoms with Crippen molar-refractivity contribution in [3.05, 3.63) is 24.3 Å². The van der Waals surface area contributed by atoms with Gasteiger partial charge in [-0.05, 0) is 70.3 Å². The summed E-state index contributed by atoms with van der Waals surface area (Å²) in [6, 6.07) is 8.27. The van der Waals surface area contributed by atoms with Crippen LogP contribution in [0.25, 0.3) is 0 Å². The number of methoxy groups -OCH3 is 1. The first kappa shape index (κ1) is 21.7. The maximum Gasteiger partial charge on any atom is 0.256 e. The summed E-state index contributed by atoms with van der Waals surface area (Å²) in [5.74, 6) is 0.721. The van der Waals surface area contributed by atoms with Gasteiger partial charge in [-0.2, -0.15) is 0 Å². The number of amides is 1. The lowest BCUT2D eigenvalue weighted by Gasteiger charge is -2.33. The molecule has 1 heterocycles. The Bertz CT molecular complexity index is 575. The normalized spacial score (nSPS) is 20.1. The van der Waals surface area contributed by atoms with Crippen LogP contribution in [0.2, 0.25) is 0 Å². The Morgan fingerprint density at radius 2 is 2.04 bits per heavy atom. The molecule has 0 spiro atoms. The van der Waals surface area contributed by atoms with Crippen molar-refractivity contribution >= 4 is 11.6 Å². The number of piperidine rings is 1. The predicted molar refractivity (Wildman–Crippen MR) is 110 cm³/mol. The van der Waals surface area contributed by atoms with Gasteiger partial charge in [-0.15, -0.1) is 0 Å². The van der Waals surface area contributed by atoms with E-state index < -0.39 is 5.60 Å². The molecule has 0 radical (unpaired) electrons. The first-order valence-corrected chi connectivity index (χ1v) is 10.3. The van der Waals surface area contributed by atoms with Crippen LogP contribution < -0.4 is 10.1 Å². The van der Waals surface area contributed by atoms with Crippen LogP contribution in [0.1, 0.15) is 59.3 Å². The number of likely N-dealkylation sites (tertiary alicyclic amines) is 1. The lowest BCUT2D eigenvalue weighted by atomic mass is 9.99. The van der Waals surface area contributed by atoms with E-state index in [0.717, 1.165) is 30.8 Å². The number of anilines is 1. The first-order valence-electron chi connectivity index (χ1n) is 10.3. The Morgan fingerprint density at radius 1 is 1.30 bits per heavy atom. The number of carbonyl (C=O) groups is 1. The molecule has 1 fully saturated rings. The molecular formula is C22H36N2O3. The van der Waals surface area contributed by atoms with Gasteiger partial charge in [0.1, 0.15) is 11.4 Å². The van der Waals surface area contributed by atoms with Crippen LogP contribution in [0.5, 0.6) is 5.75 Å². The van der Waals surface area contributed by atoms with Crippen molar-refractivity contribution in [3.63, 3.8) is 0 Å². The molecule has 0 aromatic heterocycles. The van der Waals surface area contributed by atoms with Crippen LogP contribution in [0.3, 0.4) is 0 Å². The fourth-order valence-corrected chi connectivity index (χ4v) is 3.63. The van der Waals surface area contributed by atoms with Crippen molar-refractivity contribution in [1.29, 1.82) is 0 Å². The van der Waals surface area contributed by atoms with Gasteiger partial charge in [0.15, 0.2) is 0 Å². The second kappa shape index (κ2) is 10.7. The van der Waals surface area contributed by atoms with E-state index in [4.69, 9.17) is 9.47 Å². The van der Waals surface area contributed by atoms with Crippen molar-refractivity contribution in [3.8, 4) is 5.75 Å². The molecule has 5 nitrogen and oxygen atoms in total. The van der Waals surface area contributed by atoms with E-state index in [1.165, 1.54) is 25.8 Å². The van der Waals surface area contributed by atoms with Gasteiger partial charge < -0.3 is 19.7 Å². The lowest BCUT2D eigenvalue weighted by Crippen LogP contribution is -2.41. The standard InChI is InChI=1S/C22H36N2O3/c1-5-14-22(3,26-4)21(25)23-19-10-12-20(13-11-19)27-17-8-16-24-15-7-6-9-18(24)2/h10-13,18H,5-9,14-17H2,1-4H3,(H,23,25)/t18-,22+/m0/s1. The summed E-state index contributed by atoms with van der Waals surface area (Å²) in [4.78, 5) is 15.0. The summed E-state index contributed by atoms with van der Waals surface area (Å²) in [5.41, 5.74) is -0.0379. The van der Waals surface area contributed by atoms with Crippen LogP contribution in [0.4, 0.5) is 5.69 Å². The van der Waals surface area contributed by atoms with Crippen LogP contribution in [-0.4, -0.2) is 49.3 Å². The second-order valence-corrected chi connectivity index (χ2v) is 7.75. The zero-order chi connectivity index (χ0) is 19.7. The maximum atomic E-state index is 12.5. The minimum atomic E-state index is -0.796. The zero-order valence-electron chi connectivity index (χ0n) is 17.4. The number of nitrogens with zero attached hydrogens (tertiary/aromatic N) is 1. The van der Waals surface area contributed by atoms with Crippen molar-refractivity contribution in [1.82, 2.24) is 4.90 Å². The lowest BCUT2D eigenvalue weighted by molar-refractivity contribution is -0.136. The molecule has 152 valence electrons. The van der Waals surface area contributed by atoms with E-state index >= 15 is 0 Å². The van der Waals surface area contributed by atoms with Gasteiger partial charge in [-0.1, -0.05) is 19.8 Å². The Kier molecular flexibility index (Phi) is 8.58. The van der Waals surface area contributed by atoms with Gasteiger partial charge >= 0.3 is 0 Å². The Labute approximate surface area is 164 Å². The molecule has 2 atom stereocenters. The highest BCUT2D eigenvalue weighted by atomic mass is 16.5. The molecule has 1 N–H and O–H groups in total. The molecule has 1 saturated heterocycles. The fourth-order valence-electron chi connectivity index (χ4n) is 3.63. The van der Waals surface area contributed by atoms with Crippen molar-refractivity contribution < 1.29 is 14.3 Å². The van der Waals surface area contributed by atoms with E-state index in [2.05, 4.69) is 17.1 Å². The van der Waals surface area contributed by atoms with Crippen LogP contribution >= 0.6 is 0 Å². The Morgan fingerprint density at radius 3 is 2.67 bits per heavy atom. The number of rotatable bonds is 10. The van der Waals surface area contributed by atoms with Gasteiger partial charge in [0.25, 0.3) is 5.91 Å². The topological polar surface area (TPSA) is 50.8 Å². The molecule has 0 bridgehead atoms. The third-order valence-electron chi connectivity index (χ3n) is 5.57. The molecule has 0 saturated carbocycles. The van der Waals surface area contributed by atoms with Crippen LogP contribution in [0.15, 0.2) is 24.3 Å². The van der Waals surface area contributed by atoms with E-state index in [-0.39, 0.29) is 5.91 Å². The second-order valence-electron chi connectivity index (χ2n) is 7.75. The highest BCUT2D eigenvalue weighted by Gasteiger charge is 2.32. The molecule has 5 heteroatoms. The fraction of sp³-hybridized carbons (Fsp3) is 0.682. The third-order valence-corrected chi connectivity index (χ3v) is 5.57. The van der Waals surface area contributed by atoms with E-state index in [0.29, 0.717) is 19.1 Å². The summed E-state index contributed by atoms with van der Waals surface area (Å²) in [6.45, 7) is 9.22. The Balaban J connectivity index is 1.75. The van der Waals surface area contributed by atoms with Gasteiger partial charge in [0.05, 0.1) is 6.61 Å². The minimum absolute atomic E-state index is 0.115. The molecule has 1 aliphatic rings. The molecular weight excluding hydrogens is 340 g/mol. The predicted octanol–water partition coefficient (Wildman–Crippen LogP) is 4.47. The van der Waals surface area contributed by atoms with Gasteiger partial charge in [0.2, 0.25) is 0 Å². The summed E-state index contributed by atoms with van der Waals surface area (Å²) in [7, 11) is 1.58. The van der Waals surface area contributed by atoms with Crippen LogP contribution in [-0.2, 0) is 9.53 Å². The quantitative estimate of drug-likeness (QED) is 0.612. The van der Waals surface area contributed by atoms with E-state index in [1.54, 1.807) is 7.11 Å². The zero-order valence-corrected chi connectivity index (χ0v) is 17.4. The van der Waals surface area contributed by atoms with E-state index in [9.17, 15) is 4.79 Å². The van der Waals surface area contributed by atoms with Crippen molar-refractivity contribution in [2.75, 3.05) is 32.1 Å². The Hall–Kier alpha value is -1.59. The molecule has 1 aromatic rings. The molecule has 1 amide bonds. The number of benzene rings is 1. The van der Waals surface area contributed by atoms with Gasteiger partial charge in [0, 0.05) is 25.4 Å². The van der Waals surface area contributed by atoms with Crippen molar-refractivity contribution in [2.45, 2.75) is 70.9 Å². The highest BCUT2D eigenvalue weighted by Crippen LogP contribution is 2.22. The molecule has 27 heavy (non-hydrogen) atoms. The van der Waals surface area contributed by atoms with Crippen molar-refractivity contribution in [2.24, 2.45) is 0 Å². The molecule has 0 unspecified atom stereocenters. The molecule has 1 aliphatic heterocycles. The summed E-state index contributed by atoms with van der Waals surface area (Å²) in [5, 5.41) is 2.93. The number of carbonyl (C=O) groups excluding carboxylic acids is 1. The summed E-state index contributed by atoms with van der Waals surface area (Å²) >= 11 is 0. The SMILES string of the molecule is CCC[C@@](C)(OC)C(=O)Nc1ccc(OCCCN2CCCC[C@@H]2C)cc1. The van der Waals surface area contributed by atoms with E-state index in [1.807, 2.05) is 38.1 Å². The summed E-state index contributed by atoms with van der Waals surface area (Å²) < 4.78 is 11.3. The van der Waals surface area contributed by atoms with Gasteiger partial charge in [-0.25, -0.2) is 0 Å². The molecule has 2 rings (SSSR count). The number of ether oxygens (including phenoxy) is 2. The minimum Gasteiger partial charge on any atom is -0.494 e. The third kappa shape index (κ3) is 6.51. The van der Waals surface area contributed by atoms with Crippen LogP contribution in [0, 0.1) is 0 Å². The van der Waals surface area contributed by atoms with Gasteiger partial charge in [-0.3, -0.25) is 4.79 Å². The largest absolute Gasteiger partial charge is 0.494 e. The average molecular weight is 377 g/mol. The number of hydrogen-bond acceptors (Lipinski definition) is 4. The average Bonchev–Trinajstić information content (AvgIpc) is 2.67. The smallest absolute Gasteiger partial charge is 0.256 e. The molecule has 1 aromatic carbocycles. The first-order chi connectivity index (χ1) is 13.0. The summed E-state index contributed by atoms with van der Waals surface area (Å²) in [6.07, 6.45) is 6.60. The maximum absolute atomic E-state index is 12.5.